The van der Waals surface area contributed by atoms with E-state index in [0.29, 0.717) is 11.5 Å². The number of rotatable bonds is 4. The van der Waals surface area contributed by atoms with E-state index in [1.807, 2.05) is 31.2 Å². The number of phenols is 1. The molecule has 0 aliphatic heterocycles. The van der Waals surface area contributed by atoms with Gasteiger partial charge in [-0.15, -0.1) is 11.3 Å². The lowest BCUT2D eigenvalue weighted by Gasteiger charge is -1.98. The number of methoxy groups -OCH3 is 1. The smallest absolute Gasteiger partial charge is 0.117 e. The van der Waals surface area contributed by atoms with Gasteiger partial charge in [-0.25, -0.2) is 0 Å². The van der Waals surface area contributed by atoms with Gasteiger partial charge in [0.1, 0.15) is 11.5 Å². The third-order valence-electron chi connectivity index (χ3n) is 2.81. The molecule has 3 heteroatoms. The predicted molar refractivity (Wildman–Crippen MR) is 82.4 cm³/mol. The lowest BCUT2D eigenvalue weighted by atomic mass is 10.1. The predicted octanol–water partition coefficient (Wildman–Crippen LogP) is 4.73. The molecule has 0 saturated carbocycles. The Labute approximate surface area is 117 Å². The van der Waals surface area contributed by atoms with Gasteiger partial charge in [0.2, 0.25) is 0 Å². The van der Waals surface area contributed by atoms with Crippen molar-refractivity contribution in [3.63, 3.8) is 0 Å². The summed E-state index contributed by atoms with van der Waals surface area (Å²) in [6, 6.07) is 7.54. The average molecular weight is 272 g/mol. The van der Waals surface area contributed by atoms with Crippen LogP contribution in [0.15, 0.2) is 54.8 Å². The Bertz CT molecular complexity index is 662. The molecule has 1 aromatic heterocycles. The highest BCUT2D eigenvalue weighted by atomic mass is 32.1. The largest absolute Gasteiger partial charge is 0.508 e. The molecule has 1 heterocycles. The van der Waals surface area contributed by atoms with Gasteiger partial charge < -0.3 is 9.84 Å². The quantitative estimate of drug-likeness (QED) is 0.644. The van der Waals surface area contributed by atoms with E-state index < -0.39 is 0 Å². The molecule has 0 saturated heterocycles. The minimum absolute atomic E-state index is 0.297. The molecule has 98 valence electrons. The maximum absolute atomic E-state index is 9.49. The topological polar surface area (TPSA) is 29.5 Å². The highest BCUT2D eigenvalue weighted by Gasteiger charge is 2.05. The lowest BCUT2D eigenvalue weighted by Crippen LogP contribution is -1.79. The number of hydrogen-bond donors (Lipinski definition) is 1. The second-order valence-electron chi connectivity index (χ2n) is 4.08. The van der Waals surface area contributed by atoms with Crippen LogP contribution in [0.1, 0.15) is 11.8 Å². The van der Waals surface area contributed by atoms with Crippen molar-refractivity contribution in [2.75, 3.05) is 7.11 Å². The van der Waals surface area contributed by atoms with Gasteiger partial charge in [0.15, 0.2) is 0 Å². The fourth-order valence-corrected chi connectivity index (χ4v) is 2.88. The lowest BCUT2D eigenvalue weighted by molar-refractivity contribution is 0.309. The first-order valence-electron chi connectivity index (χ1n) is 5.94. The minimum Gasteiger partial charge on any atom is -0.508 e. The Morgan fingerprint density at radius 2 is 2.11 bits per heavy atom. The van der Waals surface area contributed by atoms with Gasteiger partial charge in [-0.2, -0.15) is 0 Å². The van der Waals surface area contributed by atoms with E-state index in [4.69, 9.17) is 4.74 Å². The number of aromatic hydroxyl groups is 1. The van der Waals surface area contributed by atoms with Gasteiger partial charge >= 0.3 is 0 Å². The summed E-state index contributed by atoms with van der Waals surface area (Å²) in [6.45, 7) is 5.76. The highest BCUT2D eigenvalue weighted by Crippen LogP contribution is 2.33. The van der Waals surface area contributed by atoms with E-state index in [1.165, 1.54) is 0 Å². The monoisotopic (exact) mass is 272 g/mol. The zero-order valence-corrected chi connectivity index (χ0v) is 11.8. The molecule has 0 atom stereocenters. The van der Waals surface area contributed by atoms with Crippen LogP contribution in [0, 0.1) is 0 Å². The SMILES string of the molecule is C=C(/C=C\C(=C/C)c1cc2ccc(O)cc2s1)OC. The Morgan fingerprint density at radius 1 is 1.32 bits per heavy atom. The van der Waals surface area contributed by atoms with Gasteiger partial charge in [-0.1, -0.05) is 18.7 Å². The number of allylic oxidation sites excluding steroid dienone is 4. The number of fused-ring (bicyclic) bond motifs is 1. The van der Waals surface area contributed by atoms with Crippen molar-refractivity contribution in [2.24, 2.45) is 0 Å². The molecule has 0 fully saturated rings. The van der Waals surface area contributed by atoms with Crippen molar-refractivity contribution in [3.05, 3.63) is 59.7 Å². The van der Waals surface area contributed by atoms with E-state index in [1.54, 1.807) is 30.6 Å². The number of ether oxygens (including phenoxy) is 1. The van der Waals surface area contributed by atoms with Gasteiger partial charge in [-0.05, 0) is 48.2 Å². The maximum Gasteiger partial charge on any atom is 0.117 e. The van der Waals surface area contributed by atoms with Crippen LogP contribution in [0.25, 0.3) is 15.7 Å². The zero-order valence-electron chi connectivity index (χ0n) is 11.0. The van der Waals surface area contributed by atoms with Crippen molar-refractivity contribution < 1.29 is 9.84 Å². The van der Waals surface area contributed by atoms with Crippen LogP contribution < -0.4 is 0 Å². The third kappa shape index (κ3) is 3.06. The van der Waals surface area contributed by atoms with Crippen LogP contribution in [0.4, 0.5) is 0 Å². The maximum atomic E-state index is 9.49. The van der Waals surface area contributed by atoms with Gasteiger partial charge in [0, 0.05) is 9.58 Å². The molecule has 0 amide bonds. The van der Waals surface area contributed by atoms with E-state index in [2.05, 4.69) is 12.6 Å². The molecule has 0 bridgehead atoms. The van der Waals surface area contributed by atoms with Crippen molar-refractivity contribution in [3.8, 4) is 5.75 Å². The normalized spacial score (nSPS) is 12.2. The van der Waals surface area contributed by atoms with E-state index in [9.17, 15) is 5.11 Å². The Morgan fingerprint density at radius 3 is 2.79 bits per heavy atom. The van der Waals surface area contributed by atoms with Crippen LogP contribution in [0.3, 0.4) is 0 Å². The first-order chi connectivity index (χ1) is 9.13. The molecule has 0 aliphatic rings. The molecule has 2 rings (SSSR count). The molecular weight excluding hydrogens is 256 g/mol. The summed E-state index contributed by atoms with van der Waals surface area (Å²) >= 11 is 1.65. The molecule has 1 aromatic carbocycles. The Hall–Kier alpha value is -2.00. The molecule has 2 nitrogen and oxygen atoms in total. The summed E-state index contributed by atoms with van der Waals surface area (Å²) in [5.41, 5.74) is 1.11. The van der Waals surface area contributed by atoms with Gasteiger partial charge in [0.25, 0.3) is 0 Å². The van der Waals surface area contributed by atoms with E-state index in [0.717, 1.165) is 20.5 Å². The van der Waals surface area contributed by atoms with Crippen molar-refractivity contribution in [2.45, 2.75) is 6.92 Å². The van der Waals surface area contributed by atoms with Crippen LogP contribution in [-0.4, -0.2) is 12.2 Å². The van der Waals surface area contributed by atoms with Crippen LogP contribution in [0.2, 0.25) is 0 Å². The number of benzene rings is 1. The first kappa shape index (κ1) is 13.4. The van der Waals surface area contributed by atoms with Crippen molar-refractivity contribution in [1.82, 2.24) is 0 Å². The third-order valence-corrected chi connectivity index (χ3v) is 3.96. The number of thiophene rings is 1. The van der Waals surface area contributed by atoms with Gasteiger partial charge in [-0.3, -0.25) is 0 Å². The fraction of sp³-hybridized carbons (Fsp3) is 0.125. The average Bonchev–Trinajstić information content (AvgIpc) is 2.81. The van der Waals surface area contributed by atoms with E-state index >= 15 is 0 Å². The summed E-state index contributed by atoms with van der Waals surface area (Å²) in [6.07, 6.45) is 5.87. The molecule has 0 radical (unpaired) electrons. The Balaban J connectivity index is 2.36. The molecule has 0 spiro atoms. The highest BCUT2D eigenvalue weighted by molar-refractivity contribution is 7.20. The zero-order chi connectivity index (χ0) is 13.8. The number of hydrogen-bond acceptors (Lipinski definition) is 3. The summed E-state index contributed by atoms with van der Waals surface area (Å²) in [5.74, 6) is 0.921. The summed E-state index contributed by atoms with van der Waals surface area (Å²) in [7, 11) is 1.60. The standard InChI is InChI=1S/C16H16O2S/c1-4-12(6-5-11(2)18-3)15-9-13-7-8-14(17)10-16(13)19-15/h4-10,17H,2H2,1,3H3/b6-5-,12-4+. The number of phenolic OH excluding ortho intramolecular Hbond substituents is 1. The minimum atomic E-state index is 0.297. The van der Waals surface area contributed by atoms with E-state index in [-0.39, 0.29) is 0 Å². The molecule has 1 N–H and O–H groups in total. The second kappa shape index (κ2) is 5.76. The Kier molecular flexibility index (Phi) is 4.07. The summed E-state index contributed by atoms with van der Waals surface area (Å²) in [5, 5.41) is 10.6. The molecule has 0 aliphatic carbocycles. The van der Waals surface area contributed by atoms with Gasteiger partial charge in [0.05, 0.1) is 7.11 Å². The summed E-state index contributed by atoms with van der Waals surface area (Å²) < 4.78 is 6.09. The molecule has 19 heavy (non-hydrogen) atoms. The summed E-state index contributed by atoms with van der Waals surface area (Å²) in [4.78, 5) is 1.16. The van der Waals surface area contributed by atoms with Crippen LogP contribution in [0.5, 0.6) is 5.75 Å². The van der Waals surface area contributed by atoms with Crippen molar-refractivity contribution in [1.29, 1.82) is 0 Å². The second-order valence-corrected chi connectivity index (χ2v) is 5.16. The fourth-order valence-electron chi connectivity index (χ4n) is 1.73. The molecule has 2 aromatic rings. The first-order valence-corrected chi connectivity index (χ1v) is 6.76. The van der Waals surface area contributed by atoms with Crippen LogP contribution >= 0.6 is 11.3 Å². The molecule has 0 unspecified atom stereocenters. The molecular formula is C16H16O2S. The van der Waals surface area contributed by atoms with Crippen LogP contribution in [-0.2, 0) is 4.74 Å². The van der Waals surface area contributed by atoms with Crippen molar-refractivity contribution >= 4 is 27.0 Å².